The summed E-state index contributed by atoms with van der Waals surface area (Å²) in [5.41, 5.74) is 11.8. The Labute approximate surface area is 102 Å². The number of nitrogens with zero attached hydrogens (tertiary/aromatic N) is 2. The Kier molecular flexibility index (Phi) is 3.68. The van der Waals surface area contributed by atoms with Crippen molar-refractivity contribution in [2.45, 2.75) is 25.8 Å². The highest BCUT2D eigenvalue weighted by atomic mass is 15.2. The lowest BCUT2D eigenvalue weighted by atomic mass is 10.2. The first-order chi connectivity index (χ1) is 8.20. The summed E-state index contributed by atoms with van der Waals surface area (Å²) < 4.78 is 0. The zero-order chi connectivity index (χ0) is 12.3. The summed E-state index contributed by atoms with van der Waals surface area (Å²) in [5, 5.41) is 3.33. The van der Waals surface area contributed by atoms with Gasteiger partial charge in [-0.15, -0.1) is 0 Å². The predicted molar refractivity (Wildman–Crippen MR) is 71.8 cm³/mol. The largest absolute Gasteiger partial charge is 0.396 e. The summed E-state index contributed by atoms with van der Waals surface area (Å²) in [6.45, 7) is 5.45. The van der Waals surface area contributed by atoms with Crippen molar-refractivity contribution in [2.24, 2.45) is 0 Å². The third-order valence-corrected chi connectivity index (χ3v) is 3.38. The number of hydrogen-bond acceptors (Lipinski definition) is 5. The highest BCUT2D eigenvalue weighted by molar-refractivity contribution is 5.61. The van der Waals surface area contributed by atoms with Crippen LogP contribution in [0.1, 0.15) is 19.8 Å². The van der Waals surface area contributed by atoms with E-state index in [0.717, 1.165) is 18.9 Å². The van der Waals surface area contributed by atoms with Crippen LogP contribution in [0.2, 0.25) is 0 Å². The first-order valence-electron chi connectivity index (χ1n) is 6.20. The highest BCUT2D eigenvalue weighted by Gasteiger charge is 2.22. The minimum atomic E-state index is 0.397. The molecule has 0 saturated carbocycles. The van der Waals surface area contributed by atoms with Crippen molar-refractivity contribution in [1.29, 1.82) is 0 Å². The molecular weight excluding hydrogens is 214 g/mol. The molecule has 1 aromatic rings. The van der Waals surface area contributed by atoms with Crippen LogP contribution in [0.25, 0.3) is 0 Å². The van der Waals surface area contributed by atoms with Gasteiger partial charge in [0.15, 0.2) is 0 Å². The van der Waals surface area contributed by atoms with Crippen LogP contribution in [-0.2, 0) is 0 Å². The second kappa shape index (κ2) is 5.23. The van der Waals surface area contributed by atoms with E-state index in [4.69, 9.17) is 11.5 Å². The number of anilines is 3. The van der Waals surface area contributed by atoms with Gasteiger partial charge >= 0.3 is 0 Å². The molecular formula is C12H21N5. The average molecular weight is 235 g/mol. The summed E-state index contributed by atoms with van der Waals surface area (Å²) in [4.78, 5) is 6.70. The SMILES string of the molecule is CCN1CCCC1CNc1ccc(N)c(N)n1. The van der Waals surface area contributed by atoms with Gasteiger partial charge in [-0.25, -0.2) is 4.98 Å². The van der Waals surface area contributed by atoms with Crippen LogP contribution in [0.5, 0.6) is 0 Å². The number of rotatable bonds is 4. The van der Waals surface area contributed by atoms with Crippen molar-refractivity contribution in [3.05, 3.63) is 12.1 Å². The molecule has 5 N–H and O–H groups in total. The van der Waals surface area contributed by atoms with Gasteiger partial charge in [-0.1, -0.05) is 6.92 Å². The Balaban J connectivity index is 1.91. The number of likely N-dealkylation sites (N-methyl/N-ethyl adjacent to an activating group) is 1. The standard InChI is InChI=1S/C12H21N5/c1-2-17-7-3-4-9(17)8-15-11-6-5-10(13)12(14)16-11/h5-6,9H,2-4,7-8,13H2,1H3,(H3,14,15,16). The molecule has 1 aliphatic heterocycles. The predicted octanol–water partition coefficient (Wildman–Crippen LogP) is 1.14. The van der Waals surface area contributed by atoms with Crippen LogP contribution in [0.3, 0.4) is 0 Å². The van der Waals surface area contributed by atoms with E-state index < -0.39 is 0 Å². The number of nitrogens with one attached hydrogen (secondary N) is 1. The lowest BCUT2D eigenvalue weighted by Gasteiger charge is -2.23. The van der Waals surface area contributed by atoms with E-state index in [9.17, 15) is 0 Å². The highest BCUT2D eigenvalue weighted by Crippen LogP contribution is 2.18. The molecule has 1 atom stereocenters. The molecule has 1 fully saturated rings. The topological polar surface area (TPSA) is 80.2 Å². The second-order valence-corrected chi connectivity index (χ2v) is 4.48. The fraction of sp³-hybridized carbons (Fsp3) is 0.583. The fourth-order valence-electron chi connectivity index (χ4n) is 2.35. The number of nitrogens with two attached hydrogens (primary N) is 2. The monoisotopic (exact) mass is 235 g/mol. The van der Waals surface area contributed by atoms with E-state index in [2.05, 4.69) is 22.1 Å². The van der Waals surface area contributed by atoms with Gasteiger partial charge in [0.25, 0.3) is 0 Å². The van der Waals surface area contributed by atoms with Gasteiger partial charge < -0.3 is 16.8 Å². The van der Waals surface area contributed by atoms with E-state index >= 15 is 0 Å². The van der Waals surface area contributed by atoms with Crippen LogP contribution in [-0.4, -0.2) is 35.6 Å². The smallest absolute Gasteiger partial charge is 0.149 e. The molecule has 17 heavy (non-hydrogen) atoms. The van der Waals surface area contributed by atoms with Gasteiger partial charge in [-0.3, -0.25) is 4.90 Å². The first kappa shape index (κ1) is 12.0. The lowest BCUT2D eigenvalue weighted by Crippen LogP contribution is -2.34. The Morgan fingerprint density at radius 1 is 1.47 bits per heavy atom. The van der Waals surface area contributed by atoms with E-state index in [1.54, 1.807) is 6.07 Å². The minimum Gasteiger partial charge on any atom is -0.396 e. The number of hydrogen-bond donors (Lipinski definition) is 3. The van der Waals surface area contributed by atoms with Crippen LogP contribution >= 0.6 is 0 Å². The maximum Gasteiger partial charge on any atom is 0.149 e. The van der Waals surface area contributed by atoms with Crippen LogP contribution in [0.15, 0.2) is 12.1 Å². The van der Waals surface area contributed by atoms with Crippen molar-refractivity contribution in [3.63, 3.8) is 0 Å². The van der Waals surface area contributed by atoms with E-state index in [1.807, 2.05) is 6.07 Å². The molecule has 0 radical (unpaired) electrons. The molecule has 5 nitrogen and oxygen atoms in total. The molecule has 2 rings (SSSR count). The third-order valence-electron chi connectivity index (χ3n) is 3.38. The summed E-state index contributed by atoms with van der Waals surface area (Å²) in [6, 6.07) is 4.27. The molecule has 0 spiro atoms. The fourth-order valence-corrected chi connectivity index (χ4v) is 2.35. The Morgan fingerprint density at radius 2 is 2.29 bits per heavy atom. The summed E-state index contributed by atoms with van der Waals surface area (Å²) >= 11 is 0. The normalized spacial score (nSPS) is 20.6. The third kappa shape index (κ3) is 2.79. The number of likely N-dealkylation sites (tertiary alicyclic amines) is 1. The molecule has 1 aliphatic rings. The summed E-state index contributed by atoms with van der Waals surface area (Å²) in [7, 11) is 0. The molecule has 1 saturated heterocycles. The quantitative estimate of drug-likeness (QED) is 0.729. The molecule has 1 unspecified atom stereocenters. The zero-order valence-electron chi connectivity index (χ0n) is 10.3. The van der Waals surface area contributed by atoms with Crippen LogP contribution in [0, 0.1) is 0 Å². The molecule has 0 aliphatic carbocycles. The van der Waals surface area contributed by atoms with E-state index in [0.29, 0.717) is 17.5 Å². The minimum absolute atomic E-state index is 0.397. The molecule has 5 heteroatoms. The Bertz CT molecular complexity index is 379. The van der Waals surface area contributed by atoms with Crippen molar-refractivity contribution in [3.8, 4) is 0 Å². The van der Waals surface area contributed by atoms with E-state index in [-0.39, 0.29) is 0 Å². The zero-order valence-corrected chi connectivity index (χ0v) is 10.3. The molecule has 94 valence electrons. The van der Waals surface area contributed by atoms with Gasteiger partial charge in [-0.05, 0) is 38.1 Å². The van der Waals surface area contributed by atoms with Crippen molar-refractivity contribution in [2.75, 3.05) is 36.4 Å². The van der Waals surface area contributed by atoms with Gasteiger partial charge in [-0.2, -0.15) is 0 Å². The lowest BCUT2D eigenvalue weighted by molar-refractivity contribution is 0.277. The van der Waals surface area contributed by atoms with E-state index in [1.165, 1.54) is 19.4 Å². The van der Waals surface area contributed by atoms with Crippen molar-refractivity contribution < 1.29 is 0 Å². The summed E-state index contributed by atoms with van der Waals surface area (Å²) in [5.74, 6) is 1.20. The van der Waals surface area contributed by atoms with Gasteiger partial charge in [0.05, 0.1) is 5.69 Å². The Morgan fingerprint density at radius 3 is 3.00 bits per heavy atom. The first-order valence-corrected chi connectivity index (χ1v) is 6.20. The number of pyridine rings is 1. The second-order valence-electron chi connectivity index (χ2n) is 4.48. The number of aromatic nitrogens is 1. The van der Waals surface area contributed by atoms with Crippen LogP contribution in [0.4, 0.5) is 17.3 Å². The average Bonchev–Trinajstić information content (AvgIpc) is 2.78. The van der Waals surface area contributed by atoms with Crippen molar-refractivity contribution in [1.82, 2.24) is 9.88 Å². The molecule has 2 heterocycles. The number of nitrogen functional groups attached to an aromatic ring is 2. The molecule has 0 bridgehead atoms. The maximum absolute atomic E-state index is 5.67. The summed E-state index contributed by atoms with van der Waals surface area (Å²) in [6.07, 6.45) is 2.54. The van der Waals surface area contributed by atoms with Gasteiger partial charge in [0.1, 0.15) is 11.6 Å². The molecule has 0 amide bonds. The van der Waals surface area contributed by atoms with Gasteiger partial charge in [0.2, 0.25) is 0 Å². The maximum atomic E-state index is 5.67. The van der Waals surface area contributed by atoms with Crippen molar-refractivity contribution >= 4 is 17.3 Å². The molecule has 1 aromatic heterocycles. The molecule has 0 aromatic carbocycles. The van der Waals surface area contributed by atoms with Crippen LogP contribution < -0.4 is 16.8 Å². The Hall–Kier alpha value is -1.49. The van der Waals surface area contributed by atoms with Gasteiger partial charge in [0, 0.05) is 12.6 Å².